The van der Waals surface area contributed by atoms with E-state index in [2.05, 4.69) is 5.32 Å². The van der Waals surface area contributed by atoms with E-state index in [1.165, 1.54) is 12.0 Å². The van der Waals surface area contributed by atoms with Gasteiger partial charge in [0.05, 0.1) is 19.1 Å². The number of hydrogen-bond acceptors (Lipinski definition) is 5. The summed E-state index contributed by atoms with van der Waals surface area (Å²) in [5, 5.41) is 3.39. The molecule has 0 aliphatic rings. The highest BCUT2D eigenvalue weighted by atomic mass is 35.5. The summed E-state index contributed by atoms with van der Waals surface area (Å²) in [5.41, 5.74) is 1.00. The number of rotatable bonds is 12. The molecule has 1 N–H and O–H groups in total. The van der Waals surface area contributed by atoms with Crippen molar-refractivity contribution in [3.05, 3.63) is 59.1 Å². The Morgan fingerprint density at radius 1 is 1.12 bits per heavy atom. The van der Waals surface area contributed by atoms with Crippen molar-refractivity contribution < 1.29 is 22.7 Å². The molecule has 2 rings (SSSR count). The zero-order valence-corrected chi connectivity index (χ0v) is 21.5. The van der Waals surface area contributed by atoms with Crippen LogP contribution in [0.15, 0.2) is 48.5 Å². The lowest BCUT2D eigenvalue weighted by Crippen LogP contribution is -2.51. The molecule has 0 aliphatic heterocycles. The number of unbranched alkanes of at least 4 members (excludes halogenated alkanes) is 1. The SMILES string of the molecule is CCCCNC(=O)[C@H](C)N(Cc1ccc(Cl)cc1)C(=O)CN(c1ccccc1OC)S(C)(=O)=O. The molecular formula is C24H32ClN3O5S. The first kappa shape index (κ1) is 27.5. The molecule has 186 valence electrons. The topological polar surface area (TPSA) is 96.0 Å². The highest BCUT2D eigenvalue weighted by Gasteiger charge is 2.31. The van der Waals surface area contributed by atoms with Gasteiger partial charge in [-0.3, -0.25) is 13.9 Å². The van der Waals surface area contributed by atoms with Crippen LogP contribution < -0.4 is 14.4 Å². The number of nitrogens with zero attached hydrogens (tertiary/aromatic N) is 2. The van der Waals surface area contributed by atoms with E-state index < -0.39 is 28.5 Å². The fourth-order valence-electron chi connectivity index (χ4n) is 3.34. The first-order valence-corrected chi connectivity index (χ1v) is 13.2. The molecule has 10 heteroatoms. The number of hydrogen-bond donors (Lipinski definition) is 1. The molecule has 0 saturated heterocycles. The molecule has 0 radical (unpaired) electrons. The second-order valence-electron chi connectivity index (χ2n) is 7.91. The smallest absolute Gasteiger partial charge is 0.244 e. The third-order valence-corrected chi connectivity index (χ3v) is 6.67. The van der Waals surface area contributed by atoms with E-state index in [0.29, 0.717) is 17.3 Å². The minimum Gasteiger partial charge on any atom is -0.495 e. The molecule has 34 heavy (non-hydrogen) atoms. The zero-order chi connectivity index (χ0) is 25.3. The number of sulfonamides is 1. The predicted molar refractivity (Wildman–Crippen MR) is 135 cm³/mol. The number of anilines is 1. The number of carbonyl (C=O) groups is 2. The van der Waals surface area contributed by atoms with Crippen LogP contribution in [0.5, 0.6) is 5.75 Å². The van der Waals surface area contributed by atoms with Gasteiger partial charge in [-0.1, -0.05) is 49.2 Å². The van der Waals surface area contributed by atoms with Crippen molar-refractivity contribution in [3.63, 3.8) is 0 Å². The van der Waals surface area contributed by atoms with Crippen LogP contribution in [0.4, 0.5) is 5.69 Å². The van der Waals surface area contributed by atoms with Crippen LogP contribution in [0.3, 0.4) is 0 Å². The molecule has 2 aromatic rings. The van der Waals surface area contributed by atoms with E-state index in [9.17, 15) is 18.0 Å². The fourth-order valence-corrected chi connectivity index (χ4v) is 4.31. The Morgan fingerprint density at radius 2 is 1.76 bits per heavy atom. The molecule has 0 bridgehead atoms. The Kier molecular flexibility index (Phi) is 10.2. The molecule has 8 nitrogen and oxygen atoms in total. The number of nitrogens with one attached hydrogen (secondary N) is 1. The van der Waals surface area contributed by atoms with Gasteiger partial charge in [-0.15, -0.1) is 0 Å². The Labute approximate surface area is 206 Å². The summed E-state index contributed by atoms with van der Waals surface area (Å²) < 4.78 is 31.6. The largest absolute Gasteiger partial charge is 0.495 e. The van der Waals surface area contributed by atoms with Crippen molar-refractivity contribution in [1.82, 2.24) is 10.2 Å². The van der Waals surface area contributed by atoms with Gasteiger partial charge in [0, 0.05) is 18.1 Å². The maximum Gasteiger partial charge on any atom is 0.244 e. The molecule has 0 unspecified atom stereocenters. The standard InChI is InChI=1S/C24H32ClN3O5S/c1-5-6-15-26-24(30)18(2)27(16-19-11-13-20(25)14-12-19)23(29)17-28(34(4,31)32)21-9-7-8-10-22(21)33-3/h7-14,18H,5-6,15-17H2,1-4H3,(H,26,30)/t18-/m0/s1. The van der Waals surface area contributed by atoms with Gasteiger partial charge in [-0.2, -0.15) is 0 Å². The lowest BCUT2D eigenvalue weighted by molar-refractivity contribution is -0.139. The average molecular weight is 510 g/mol. The molecule has 0 fully saturated rings. The van der Waals surface area contributed by atoms with E-state index in [-0.39, 0.29) is 18.1 Å². The number of ether oxygens (including phenoxy) is 1. The van der Waals surface area contributed by atoms with Crippen LogP contribution >= 0.6 is 11.6 Å². The number of methoxy groups -OCH3 is 1. The highest BCUT2D eigenvalue weighted by Crippen LogP contribution is 2.29. The molecule has 0 aromatic heterocycles. The number of amides is 2. The summed E-state index contributed by atoms with van der Waals surface area (Å²) in [6.07, 6.45) is 2.76. The van der Waals surface area contributed by atoms with Gasteiger partial charge in [0.2, 0.25) is 21.8 Å². The van der Waals surface area contributed by atoms with Crippen molar-refractivity contribution in [2.24, 2.45) is 0 Å². The molecule has 0 saturated carbocycles. The zero-order valence-electron chi connectivity index (χ0n) is 20.0. The summed E-state index contributed by atoms with van der Waals surface area (Å²) in [6, 6.07) is 12.7. The minimum atomic E-state index is -3.83. The second-order valence-corrected chi connectivity index (χ2v) is 10.3. The Balaban J connectivity index is 2.37. The van der Waals surface area contributed by atoms with Crippen LogP contribution in [-0.4, -0.2) is 57.6 Å². The summed E-state index contributed by atoms with van der Waals surface area (Å²) in [4.78, 5) is 27.6. The first-order chi connectivity index (χ1) is 16.1. The van der Waals surface area contributed by atoms with Crippen molar-refractivity contribution >= 4 is 39.1 Å². The summed E-state index contributed by atoms with van der Waals surface area (Å²) in [5.74, 6) is -0.515. The van der Waals surface area contributed by atoms with E-state index >= 15 is 0 Å². The Morgan fingerprint density at radius 3 is 2.35 bits per heavy atom. The summed E-state index contributed by atoms with van der Waals surface area (Å²) in [7, 11) is -2.41. The Bertz CT molecular complexity index is 1080. The fraction of sp³-hybridized carbons (Fsp3) is 0.417. The lowest BCUT2D eigenvalue weighted by Gasteiger charge is -2.31. The maximum absolute atomic E-state index is 13.5. The number of benzene rings is 2. The quantitative estimate of drug-likeness (QED) is 0.442. The van der Waals surface area contributed by atoms with Gasteiger partial charge in [-0.25, -0.2) is 8.42 Å². The number of para-hydroxylation sites is 2. The van der Waals surface area contributed by atoms with Crippen LogP contribution in [0.25, 0.3) is 0 Å². The monoisotopic (exact) mass is 509 g/mol. The number of halogens is 1. The first-order valence-electron chi connectivity index (χ1n) is 11.0. The van der Waals surface area contributed by atoms with Gasteiger partial charge >= 0.3 is 0 Å². The highest BCUT2D eigenvalue weighted by molar-refractivity contribution is 7.92. The normalized spacial score (nSPS) is 12.0. The van der Waals surface area contributed by atoms with Gasteiger partial charge in [0.1, 0.15) is 18.3 Å². The molecular weight excluding hydrogens is 478 g/mol. The Hall–Kier alpha value is -2.78. The van der Waals surface area contributed by atoms with Gasteiger partial charge in [-0.05, 0) is 43.2 Å². The molecule has 0 heterocycles. The third kappa shape index (κ3) is 7.63. The molecule has 2 aromatic carbocycles. The maximum atomic E-state index is 13.5. The van der Waals surface area contributed by atoms with Gasteiger partial charge < -0.3 is 15.0 Å². The van der Waals surface area contributed by atoms with Crippen LogP contribution in [-0.2, 0) is 26.2 Å². The third-order valence-electron chi connectivity index (χ3n) is 5.30. The van der Waals surface area contributed by atoms with Crippen LogP contribution in [0.2, 0.25) is 5.02 Å². The molecule has 1 atom stereocenters. The van der Waals surface area contributed by atoms with Crippen molar-refractivity contribution in [1.29, 1.82) is 0 Å². The molecule has 2 amide bonds. The van der Waals surface area contributed by atoms with Crippen molar-refractivity contribution in [2.45, 2.75) is 39.3 Å². The van der Waals surface area contributed by atoms with Gasteiger partial charge in [0.15, 0.2) is 0 Å². The summed E-state index contributed by atoms with van der Waals surface area (Å²) in [6.45, 7) is 3.77. The van der Waals surface area contributed by atoms with E-state index in [1.54, 1.807) is 55.5 Å². The van der Waals surface area contributed by atoms with E-state index in [4.69, 9.17) is 16.3 Å². The predicted octanol–water partition coefficient (Wildman–Crippen LogP) is 3.45. The second kappa shape index (κ2) is 12.6. The van der Waals surface area contributed by atoms with Crippen molar-refractivity contribution in [3.8, 4) is 5.75 Å². The van der Waals surface area contributed by atoms with Crippen LogP contribution in [0, 0.1) is 0 Å². The van der Waals surface area contributed by atoms with Crippen molar-refractivity contribution in [2.75, 3.05) is 30.8 Å². The minimum absolute atomic E-state index is 0.113. The van der Waals surface area contributed by atoms with Crippen LogP contribution in [0.1, 0.15) is 32.3 Å². The molecule has 0 aliphatic carbocycles. The summed E-state index contributed by atoms with van der Waals surface area (Å²) >= 11 is 5.98. The van der Waals surface area contributed by atoms with Gasteiger partial charge in [0.25, 0.3) is 0 Å². The van der Waals surface area contributed by atoms with E-state index in [0.717, 1.165) is 29.0 Å². The molecule has 0 spiro atoms. The van der Waals surface area contributed by atoms with E-state index in [1.807, 2.05) is 6.92 Å². The number of carbonyl (C=O) groups excluding carboxylic acids is 2. The average Bonchev–Trinajstić information content (AvgIpc) is 2.81. The lowest BCUT2D eigenvalue weighted by atomic mass is 10.1.